The summed E-state index contributed by atoms with van der Waals surface area (Å²) in [7, 11) is 1.81. The molecule has 0 saturated heterocycles. The minimum atomic E-state index is 0.120. The smallest absolute Gasteiger partial charge is 0.227 e. The molecule has 0 heterocycles. The highest BCUT2D eigenvalue weighted by Gasteiger charge is 2.10. The molecule has 2 aromatic rings. The highest BCUT2D eigenvalue weighted by molar-refractivity contribution is 5.92. The molecule has 0 unspecified atom stereocenters. The Labute approximate surface area is 120 Å². The number of hydrogen-bond donors (Lipinski definition) is 1. The first-order valence-corrected chi connectivity index (χ1v) is 6.80. The van der Waals surface area contributed by atoms with Crippen LogP contribution in [0.3, 0.4) is 0 Å². The van der Waals surface area contributed by atoms with Crippen molar-refractivity contribution in [3.8, 4) is 0 Å². The molecule has 0 fully saturated rings. The van der Waals surface area contributed by atoms with Gasteiger partial charge in [-0.05, 0) is 29.7 Å². The van der Waals surface area contributed by atoms with Gasteiger partial charge in [0.15, 0.2) is 0 Å². The lowest BCUT2D eigenvalue weighted by Crippen LogP contribution is -2.26. The molecule has 0 saturated carbocycles. The fraction of sp³-hybridized carbons (Fsp3) is 0.235. The van der Waals surface area contributed by atoms with Gasteiger partial charge in [0.1, 0.15) is 0 Å². The van der Waals surface area contributed by atoms with Crippen LogP contribution in [0.5, 0.6) is 0 Å². The Hall–Kier alpha value is -2.13. The van der Waals surface area contributed by atoms with Gasteiger partial charge in [-0.25, -0.2) is 0 Å². The fourth-order valence-corrected chi connectivity index (χ4v) is 2.06. The molecule has 2 N–H and O–H groups in total. The summed E-state index contributed by atoms with van der Waals surface area (Å²) >= 11 is 0. The van der Waals surface area contributed by atoms with Crippen LogP contribution in [0.25, 0.3) is 0 Å². The van der Waals surface area contributed by atoms with Crippen molar-refractivity contribution in [1.82, 2.24) is 0 Å². The molecule has 20 heavy (non-hydrogen) atoms. The summed E-state index contributed by atoms with van der Waals surface area (Å²) in [5.41, 5.74) is 8.73. The summed E-state index contributed by atoms with van der Waals surface area (Å²) in [4.78, 5) is 13.9. The van der Waals surface area contributed by atoms with Gasteiger partial charge in [0.05, 0.1) is 0 Å². The van der Waals surface area contributed by atoms with Gasteiger partial charge in [0.2, 0.25) is 5.91 Å². The Bertz CT molecular complexity index is 549. The van der Waals surface area contributed by atoms with E-state index in [0.29, 0.717) is 13.0 Å². The second-order valence-corrected chi connectivity index (χ2v) is 4.81. The Morgan fingerprint density at radius 3 is 2.25 bits per heavy atom. The molecular formula is C17H20N2O. The van der Waals surface area contributed by atoms with Gasteiger partial charge in [0.25, 0.3) is 0 Å². The van der Waals surface area contributed by atoms with Gasteiger partial charge in [-0.15, -0.1) is 0 Å². The zero-order valence-electron chi connectivity index (χ0n) is 11.8. The number of nitrogens with zero attached hydrogens (tertiary/aromatic N) is 1. The number of hydrogen-bond acceptors (Lipinski definition) is 2. The van der Waals surface area contributed by atoms with Crippen molar-refractivity contribution in [2.24, 2.45) is 5.73 Å². The molecule has 0 aliphatic carbocycles. The molecule has 2 rings (SSSR count). The zero-order valence-corrected chi connectivity index (χ0v) is 11.8. The van der Waals surface area contributed by atoms with E-state index in [2.05, 4.69) is 0 Å². The second kappa shape index (κ2) is 6.87. The topological polar surface area (TPSA) is 46.3 Å². The number of benzene rings is 2. The monoisotopic (exact) mass is 268 g/mol. The molecule has 0 aromatic heterocycles. The van der Waals surface area contributed by atoms with Crippen molar-refractivity contribution in [2.45, 2.75) is 19.4 Å². The molecule has 0 radical (unpaired) electrons. The molecule has 0 spiro atoms. The van der Waals surface area contributed by atoms with Gasteiger partial charge >= 0.3 is 0 Å². The number of amides is 1. The second-order valence-electron chi connectivity index (χ2n) is 4.81. The Morgan fingerprint density at radius 1 is 1.00 bits per heavy atom. The Kier molecular flexibility index (Phi) is 4.91. The normalized spacial score (nSPS) is 10.3. The van der Waals surface area contributed by atoms with Crippen LogP contribution in [0.15, 0.2) is 54.6 Å². The highest BCUT2D eigenvalue weighted by Crippen LogP contribution is 2.15. The molecule has 104 valence electrons. The first-order valence-electron chi connectivity index (χ1n) is 6.80. The molecule has 0 aliphatic heterocycles. The van der Waals surface area contributed by atoms with Crippen molar-refractivity contribution in [3.63, 3.8) is 0 Å². The van der Waals surface area contributed by atoms with Crippen LogP contribution < -0.4 is 10.6 Å². The summed E-state index contributed by atoms with van der Waals surface area (Å²) in [5, 5.41) is 0. The van der Waals surface area contributed by atoms with E-state index in [0.717, 1.165) is 17.7 Å². The zero-order chi connectivity index (χ0) is 14.4. The summed E-state index contributed by atoms with van der Waals surface area (Å²) in [6.45, 7) is 0.520. The van der Waals surface area contributed by atoms with Crippen LogP contribution in [0.4, 0.5) is 5.69 Å². The van der Waals surface area contributed by atoms with Crippen LogP contribution in [-0.4, -0.2) is 13.0 Å². The van der Waals surface area contributed by atoms with Gasteiger partial charge in [-0.2, -0.15) is 0 Å². The lowest BCUT2D eigenvalue weighted by Gasteiger charge is -2.17. The average molecular weight is 268 g/mol. The fourth-order valence-electron chi connectivity index (χ4n) is 2.06. The maximum absolute atomic E-state index is 12.2. The number of anilines is 1. The van der Waals surface area contributed by atoms with Crippen molar-refractivity contribution < 1.29 is 4.79 Å². The molecule has 3 nitrogen and oxygen atoms in total. The summed E-state index contributed by atoms with van der Waals surface area (Å²) in [6, 6.07) is 17.8. The highest BCUT2D eigenvalue weighted by atomic mass is 16.2. The van der Waals surface area contributed by atoms with Crippen molar-refractivity contribution >= 4 is 11.6 Å². The quantitative estimate of drug-likeness (QED) is 0.906. The van der Waals surface area contributed by atoms with Crippen LogP contribution in [0.2, 0.25) is 0 Å². The summed E-state index contributed by atoms with van der Waals surface area (Å²) in [6.07, 6.45) is 1.28. The maximum atomic E-state index is 12.2. The molecule has 1 amide bonds. The molecule has 0 bridgehead atoms. The van der Waals surface area contributed by atoms with Crippen molar-refractivity contribution in [3.05, 3.63) is 65.7 Å². The van der Waals surface area contributed by atoms with E-state index < -0.39 is 0 Å². The molecule has 3 heteroatoms. The number of carbonyl (C=O) groups excluding carboxylic acids is 1. The minimum absolute atomic E-state index is 0.120. The molecule has 0 aliphatic rings. The van der Waals surface area contributed by atoms with E-state index in [9.17, 15) is 4.79 Å². The van der Waals surface area contributed by atoms with E-state index in [4.69, 9.17) is 5.73 Å². The minimum Gasteiger partial charge on any atom is -0.326 e. The van der Waals surface area contributed by atoms with Crippen LogP contribution in [0, 0.1) is 0 Å². The van der Waals surface area contributed by atoms with Crippen LogP contribution >= 0.6 is 0 Å². The van der Waals surface area contributed by atoms with E-state index in [1.807, 2.05) is 61.6 Å². The van der Waals surface area contributed by atoms with Crippen molar-refractivity contribution in [2.75, 3.05) is 11.9 Å². The SMILES string of the molecule is CN(C(=O)CCc1ccccc1)c1ccc(CN)cc1. The lowest BCUT2D eigenvalue weighted by molar-refractivity contribution is -0.118. The van der Waals surface area contributed by atoms with E-state index in [1.54, 1.807) is 4.90 Å². The van der Waals surface area contributed by atoms with Gasteiger partial charge in [-0.3, -0.25) is 4.79 Å². The third kappa shape index (κ3) is 3.68. The third-order valence-electron chi connectivity index (χ3n) is 3.40. The van der Waals surface area contributed by atoms with Crippen LogP contribution in [0.1, 0.15) is 17.5 Å². The van der Waals surface area contributed by atoms with E-state index in [1.165, 1.54) is 5.56 Å². The van der Waals surface area contributed by atoms with Gasteiger partial charge < -0.3 is 10.6 Å². The number of carbonyl (C=O) groups is 1. The molecule has 0 atom stereocenters. The summed E-state index contributed by atoms with van der Waals surface area (Å²) in [5.74, 6) is 0.120. The summed E-state index contributed by atoms with van der Waals surface area (Å²) < 4.78 is 0. The number of aryl methyl sites for hydroxylation is 1. The first-order chi connectivity index (χ1) is 9.70. The third-order valence-corrected chi connectivity index (χ3v) is 3.40. The van der Waals surface area contributed by atoms with E-state index >= 15 is 0 Å². The molecular weight excluding hydrogens is 248 g/mol. The van der Waals surface area contributed by atoms with E-state index in [-0.39, 0.29) is 5.91 Å². The van der Waals surface area contributed by atoms with Crippen molar-refractivity contribution in [1.29, 1.82) is 0 Å². The maximum Gasteiger partial charge on any atom is 0.227 e. The average Bonchev–Trinajstić information content (AvgIpc) is 2.53. The largest absolute Gasteiger partial charge is 0.326 e. The lowest BCUT2D eigenvalue weighted by atomic mass is 10.1. The van der Waals surface area contributed by atoms with Gasteiger partial charge in [0, 0.05) is 25.7 Å². The predicted octanol–water partition coefficient (Wildman–Crippen LogP) is 2.74. The first kappa shape index (κ1) is 14.3. The van der Waals surface area contributed by atoms with Gasteiger partial charge in [-0.1, -0.05) is 42.5 Å². The Morgan fingerprint density at radius 2 is 1.65 bits per heavy atom. The molecule has 2 aromatic carbocycles. The number of nitrogens with two attached hydrogens (primary N) is 1. The standard InChI is InChI=1S/C17H20N2O/c1-19(16-10-7-15(13-18)8-11-16)17(20)12-9-14-5-3-2-4-6-14/h2-8,10-11H,9,12-13,18H2,1H3. The Balaban J connectivity index is 1.94. The van der Waals surface area contributed by atoms with Crippen LogP contribution in [-0.2, 0) is 17.8 Å². The number of rotatable bonds is 5. The predicted molar refractivity (Wildman–Crippen MR) is 82.5 cm³/mol.